The quantitative estimate of drug-likeness (QED) is 0.892. The smallest absolute Gasteiger partial charge is 0.0949 e. The number of aromatic nitrogens is 2. The normalized spacial score (nSPS) is 27.0. The highest BCUT2D eigenvalue weighted by atomic mass is 32.2. The van der Waals surface area contributed by atoms with Crippen molar-refractivity contribution in [3.63, 3.8) is 0 Å². The topological polar surface area (TPSA) is 29.9 Å². The van der Waals surface area contributed by atoms with Crippen molar-refractivity contribution < 1.29 is 0 Å². The van der Waals surface area contributed by atoms with Gasteiger partial charge in [-0.05, 0) is 38.5 Å². The average molecular weight is 251 g/mol. The van der Waals surface area contributed by atoms with E-state index in [0.717, 1.165) is 13.1 Å². The summed E-state index contributed by atoms with van der Waals surface area (Å²) in [6, 6.07) is 0.531. The number of hydrogen-bond acceptors (Lipinski definition) is 3. The van der Waals surface area contributed by atoms with Gasteiger partial charge < -0.3 is 9.88 Å². The van der Waals surface area contributed by atoms with Crippen LogP contribution in [0.15, 0.2) is 12.5 Å². The number of thioether (sulfide) groups is 1. The van der Waals surface area contributed by atoms with E-state index in [9.17, 15) is 0 Å². The van der Waals surface area contributed by atoms with E-state index in [-0.39, 0.29) is 0 Å². The summed E-state index contributed by atoms with van der Waals surface area (Å²) < 4.78 is 2.90. The van der Waals surface area contributed by atoms with Crippen LogP contribution in [0.5, 0.6) is 0 Å². The molecule has 0 bridgehead atoms. The fourth-order valence-corrected chi connectivity index (χ4v) is 3.51. The zero-order valence-electron chi connectivity index (χ0n) is 10.5. The molecule has 1 unspecified atom stereocenters. The number of nitrogens with zero attached hydrogens (tertiary/aromatic N) is 2. The molecule has 2 heterocycles. The van der Waals surface area contributed by atoms with Crippen LogP contribution in [0.1, 0.15) is 43.8 Å². The van der Waals surface area contributed by atoms with Crippen molar-refractivity contribution in [3.8, 4) is 0 Å². The molecule has 4 heteroatoms. The first-order valence-electron chi connectivity index (χ1n) is 6.62. The predicted molar refractivity (Wildman–Crippen MR) is 72.3 cm³/mol. The van der Waals surface area contributed by atoms with Gasteiger partial charge in [0.05, 0.1) is 12.0 Å². The number of rotatable bonds is 4. The molecule has 1 saturated heterocycles. The third-order valence-corrected chi connectivity index (χ3v) is 5.51. The van der Waals surface area contributed by atoms with Crippen molar-refractivity contribution in [1.29, 1.82) is 0 Å². The van der Waals surface area contributed by atoms with E-state index < -0.39 is 0 Å². The molecule has 17 heavy (non-hydrogen) atoms. The molecular formula is C13H21N3S. The fourth-order valence-electron chi connectivity index (χ4n) is 2.73. The summed E-state index contributed by atoms with van der Waals surface area (Å²) in [6.45, 7) is 2.30. The van der Waals surface area contributed by atoms with Crippen LogP contribution >= 0.6 is 11.8 Å². The molecule has 94 valence electrons. The van der Waals surface area contributed by atoms with E-state index in [0.29, 0.717) is 10.8 Å². The van der Waals surface area contributed by atoms with E-state index in [1.165, 1.54) is 37.8 Å². The maximum Gasteiger partial charge on any atom is 0.0949 e. The molecule has 1 N–H and O–H groups in total. The Labute approximate surface area is 107 Å². The largest absolute Gasteiger partial charge is 0.332 e. The molecule has 0 radical (unpaired) electrons. The SMILES string of the molecule is CSC1(Cn2cncc2C2CCCCN2)CC1. The number of nitrogens with one attached hydrogen (secondary N) is 1. The summed E-state index contributed by atoms with van der Waals surface area (Å²) in [5.41, 5.74) is 1.39. The summed E-state index contributed by atoms with van der Waals surface area (Å²) in [5.74, 6) is 0. The number of imidazole rings is 1. The Kier molecular flexibility index (Phi) is 3.17. The molecule has 1 saturated carbocycles. The van der Waals surface area contributed by atoms with Gasteiger partial charge in [0.2, 0.25) is 0 Å². The Bertz CT molecular complexity index is 378. The van der Waals surface area contributed by atoms with Crippen LogP contribution in [0.25, 0.3) is 0 Å². The first-order valence-corrected chi connectivity index (χ1v) is 7.84. The van der Waals surface area contributed by atoms with Gasteiger partial charge in [-0.25, -0.2) is 4.98 Å². The zero-order chi connectivity index (χ0) is 11.7. The minimum absolute atomic E-state index is 0.518. The van der Waals surface area contributed by atoms with E-state index in [4.69, 9.17) is 0 Å². The molecule has 2 fully saturated rings. The second-order valence-corrected chi connectivity index (χ2v) is 6.61. The van der Waals surface area contributed by atoms with Crippen molar-refractivity contribution in [2.45, 2.75) is 49.4 Å². The molecule has 2 aliphatic rings. The lowest BCUT2D eigenvalue weighted by Crippen LogP contribution is -2.29. The highest BCUT2D eigenvalue weighted by molar-refractivity contribution is 8.00. The molecule has 3 rings (SSSR count). The first kappa shape index (κ1) is 11.6. The average Bonchev–Trinajstić information content (AvgIpc) is 3.00. The van der Waals surface area contributed by atoms with Gasteiger partial charge in [-0.2, -0.15) is 11.8 Å². The van der Waals surface area contributed by atoms with Crippen LogP contribution in [-0.2, 0) is 6.54 Å². The monoisotopic (exact) mass is 251 g/mol. The maximum absolute atomic E-state index is 4.36. The van der Waals surface area contributed by atoms with Crippen molar-refractivity contribution >= 4 is 11.8 Å². The highest BCUT2D eigenvalue weighted by Gasteiger charge is 2.42. The molecule has 1 atom stereocenters. The van der Waals surface area contributed by atoms with E-state index in [1.54, 1.807) is 0 Å². The van der Waals surface area contributed by atoms with Gasteiger partial charge >= 0.3 is 0 Å². The summed E-state index contributed by atoms with van der Waals surface area (Å²) in [5, 5.41) is 3.62. The number of piperidine rings is 1. The number of hydrogen-bond donors (Lipinski definition) is 1. The van der Waals surface area contributed by atoms with Crippen LogP contribution in [0.3, 0.4) is 0 Å². The summed E-state index contributed by atoms with van der Waals surface area (Å²) in [7, 11) is 0. The maximum atomic E-state index is 4.36. The third-order valence-electron chi connectivity index (χ3n) is 4.11. The Morgan fingerprint density at radius 3 is 3.06 bits per heavy atom. The summed E-state index contributed by atoms with van der Waals surface area (Å²) >= 11 is 2.02. The van der Waals surface area contributed by atoms with Crippen molar-refractivity contribution in [3.05, 3.63) is 18.2 Å². The molecule has 3 nitrogen and oxygen atoms in total. The molecular weight excluding hydrogens is 230 g/mol. The predicted octanol–water partition coefficient (Wildman–Crippen LogP) is 2.59. The lowest BCUT2D eigenvalue weighted by Gasteiger charge is -2.25. The van der Waals surface area contributed by atoms with Gasteiger partial charge in [0.1, 0.15) is 0 Å². The Hall–Kier alpha value is -0.480. The van der Waals surface area contributed by atoms with Gasteiger partial charge in [0.25, 0.3) is 0 Å². The minimum atomic E-state index is 0.518. The van der Waals surface area contributed by atoms with Crippen LogP contribution in [0, 0.1) is 0 Å². The Morgan fingerprint density at radius 2 is 2.41 bits per heavy atom. The molecule has 1 aromatic rings. The van der Waals surface area contributed by atoms with Crippen molar-refractivity contribution in [1.82, 2.24) is 14.9 Å². The molecule has 1 aromatic heterocycles. The standard InChI is InChI=1S/C13H21N3S/c1-17-13(5-6-13)9-16-10-14-8-12(16)11-4-2-3-7-15-11/h8,10-11,15H,2-7,9H2,1H3. The molecule has 0 spiro atoms. The molecule has 1 aliphatic heterocycles. The highest BCUT2D eigenvalue weighted by Crippen LogP contribution is 2.48. The van der Waals surface area contributed by atoms with Gasteiger partial charge in [0, 0.05) is 23.5 Å². The Balaban J connectivity index is 1.74. The van der Waals surface area contributed by atoms with E-state index in [1.807, 2.05) is 18.1 Å². The van der Waals surface area contributed by atoms with Crippen LogP contribution < -0.4 is 5.32 Å². The van der Waals surface area contributed by atoms with Gasteiger partial charge in [-0.1, -0.05) is 6.42 Å². The first-order chi connectivity index (χ1) is 8.33. The van der Waals surface area contributed by atoms with Crippen LogP contribution in [0.4, 0.5) is 0 Å². The molecule has 1 aliphatic carbocycles. The summed E-state index contributed by atoms with van der Waals surface area (Å²) in [6.07, 6.45) is 13.0. The lowest BCUT2D eigenvalue weighted by atomic mass is 10.0. The van der Waals surface area contributed by atoms with Gasteiger partial charge in [-0.3, -0.25) is 0 Å². The Morgan fingerprint density at radius 1 is 1.53 bits per heavy atom. The zero-order valence-corrected chi connectivity index (χ0v) is 11.3. The van der Waals surface area contributed by atoms with Crippen LogP contribution in [-0.4, -0.2) is 27.1 Å². The second kappa shape index (κ2) is 4.65. The van der Waals surface area contributed by atoms with Crippen molar-refractivity contribution in [2.24, 2.45) is 0 Å². The summed E-state index contributed by atoms with van der Waals surface area (Å²) in [4.78, 5) is 4.36. The van der Waals surface area contributed by atoms with Crippen molar-refractivity contribution in [2.75, 3.05) is 12.8 Å². The molecule has 0 aromatic carbocycles. The minimum Gasteiger partial charge on any atom is -0.332 e. The van der Waals surface area contributed by atoms with Crippen LogP contribution in [0.2, 0.25) is 0 Å². The van der Waals surface area contributed by atoms with E-state index >= 15 is 0 Å². The second-order valence-electron chi connectivity index (χ2n) is 5.34. The fraction of sp³-hybridized carbons (Fsp3) is 0.769. The van der Waals surface area contributed by atoms with Gasteiger partial charge in [-0.15, -0.1) is 0 Å². The molecule has 0 amide bonds. The third kappa shape index (κ3) is 2.38. The lowest BCUT2D eigenvalue weighted by molar-refractivity contribution is 0.392. The van der Waals surface area contributed by atoms with Gasteiger partial charge in [0.15, 0.2) is 0 Å². The van der Waals surface area contributed by atoms with E-state index in [2.05, 4.69) is 27.3 Å².